The van der Waals surface area contributed by atoms with Crippen LogP contribution in [0.4, 0.5) is 4.39 Å². The molecule has 0 saturated carbocycles. The molecule has 206 valence electrons. The summed E-state index contributed by atoms with van der Waals surface area (Å²) in [5, 5.41) is 4.40. The van der Waals surface area contributed by atoms with Crippen molar-refractivity contribution in [3.63, 3.8) is 0 Å². The lowest BCUT2D eigenvalue weighted by atomic mass is 10.1. The summed E-state index contributed by atoms with van der Waals surface area (Å²) in [6.45, 7) is 2.24. The maximum absolute atomic E-state index is 13.2. The second-order valence-electron chi connectivity index (χ2n) is 9.26. The van der Waals surface area contributed by atoms with Gasteiger partial charge in [-0.25, -0.2) is 9.82 Å². The third kappa shape index (κ3) is 6.48. The van der Waals surface area contributed by atoms with Crippen LogP contribution >= 0.6 is 11.6 Å². The average molecular weight is 568 g/mol. The van der Waals surface area contributed by atoms with Crippen molar-refractivity contribution >= 4 is 23.7 Å². The van der Waals surface area contributed by atoms with Crippen LogP contribution in [0.3, 0.4) is 0 Å². The molecule has 8 heteroatoms. The van der Waals surface area contributed by atoms with Crippen molar-refractivity contribution in [2.45, 2.75) is 13.5 Å². The summed E-state index contributed by atoms with van der Waals surface area (Å²) in [6.07, 6.45) is 1.47. The molecule has 0 fully saturated rings. The predicted octanol–water partition coefficient (Wildman–Crippen LogP) is 7.60. The number of hydrogen-bond acceptors (Lipinski definition) is 4. The molecule has 1 heterocycles. The number of ether oxygens (including phenoxy) is 2. The number of methoxy groups -OCH3 is 1. The molecule has 0 saturated heterocycles. The SMILES string of the molecule is COc1cc(/C=N/NC(=O)c2ccc(-n3c(C)ccc3-c3ccccc3)cc2)cc(Cl)c1OCc1ccc(F)cc1. The number of rotatable bonds is 9. The molecule has 0 atom stereocenters. The minimum atomic E-state index is -0.349. The molecule has 1 aromatic heterocycles. The molecular weight excluding hydrogens is 541 g/mol. The van der Waals surface area contributed by atoms with Crippen LogP contribution in [0.15, 0.2) is 108 Å². The van der Waals surface area contributed by atoms with E-state index in [4.69, 9.17) is 21.1 Å². The third-order valence-corrected chi connectivity index (χ3v) is 6.74. The minimum absolute atomic E-state index is 0.191. The van der Waals surface area contributed by atoms with Gasteiger partial charge in [0.2, 0.25) is 0 Å². The summed E-state index contributed by atoms with van der Waals surface area (Å²) in [4.78, 5) is 12.7. The zero-order valence-corrected chi connectivity index (χ0v) is 23.2. The fourth-order valence-corrected chi connectivity index (χ4v) is 4.67. The Hall–Kier alpha value is -4.88. The Morgan fingerprint density at radius 1 is 0.976 bits per heavy atom. The van der Waals surface area contributed by atoms with Gasteiger partial charge in [-0.3, -0.25) is 4.79 Å². The van der Waals surface area contributed by atoms with Gasteiger partial charge >= 0.3 is 0 Å². The summed E-state index contributed by atoms with van der Waals surface area (Å²) in [6, 6.07) is 31.0. The molecule has 5 rings (SSSR count). The molecule has 0 spiro atoms. The molecule has 0 aliphatic carbocycles. The molecular formula is C33H27ClFN3O3. The Bertz CT molecular complexity index is 1680. The largest absolute Gasteiger partial charge is 0.493 e. The Morgan fingerprint density at radius 3 is 2.41 bits per heavy atom. The maximum atomic E-state index is 13.2. The third-order valence-electron chi connectivity index (χ3n) is 6.46. The number of nitrogens with zero attached hydrogens (tertiary/aromatic N) is 2. The van der Waals surface area contributed by atoms with Gasteiger partial charge in [0.25, 0.3) is 5.91 Å². The number of carbonyl (C=O) groups is 1. The lowest BCUT2D eigenvalue weighted by Crippen LogP contribution is -2.17. The van der Waals surface area contributed by atoms with E-state index in [9.17, 15) is 9.18 Å². The van der Waals surface area contributed by atoms with Crippen LogP contribution in [0.5, 0.6) is 11.5 Å². The van der Waals surface area contributed by atoms with Crippen LogP contribution in [-0.4, -0.2) is 23.8 Å². The molecule has 4 aromatic carbocycles. The summed E-state index contributed by atoms with van der Waals surface area (Å²) >= 11 is 6.44. The highest BCUT2D eigenvalue weighted by Gasteiger charge is 2.13. The average Bonchev–Trinajstić information content (AvgIpc) is 3.38. The van der Waals surface area contributed by atoms with Gasteiger partial charge in [0, 0.05) is 16.9 Å². The zero-order chi connectivity index (χ0) is 28.8. The van der Waals surface area contributed by atoms with Gasteiger partial charge in [-0.2, -0.15) is 5.10 Å². The van der Waals surface area contributed by atoms with Crippen LogP contribution in [-0.2, 0) is 6.61 Å². The molecule has 0 unspecified atom stereocenters. The summed E-state index contributed by atoms with van der Waals surface area (Å²) in [5.74, 6) is 0.0884. The fourth-order valence-electron chi connectivity index (χ4n) is 4.40. The predicted molar refractivity (Wildman–Crippen MR) is 160 cm³/mol. The number of halogens is 2. The molecule has 1 N–H and O–H groups in total. The van der Waals surface area contributed by atoms with E-state index in [0.717, 1.165) is 28.2 Å². The first-order valence-electron chi connectivity index (χ1n) is 12.9. The highest BCUT2D eigenvalue weighted by molar-refractivity contribution is 6.32. The minimum Gasteiger partial charge on any atom is -0.493 e. The van der Waals surface area contributed by atoms with E-state index in [-0.39, 0.29) is 18.3 Å². The Labute approximate surface area is 242 Å². The smallest absolute Gasteiger partial charge is 0.271 e. The standard InChI is InChI=1S/C33H27ClFN3O3/c1-22-8-17-30(25-6-4-3-5-7-25)38(22)28-15-11-26(12-16-28)33(39)37-36-20-24-18-29(34)32(31(19-24)40-2)41-21-23-9-13-27(35)14-10-23/h3-20H,21H2,1-2H3,(H,37,39)/b36-20+. The molecule has 0 bridgehead atoms. The molecule has 0 radical (unpaired) electrons. The van der Waals surface area contributed by atoms with Crippen molar-refractivity contribution < 1.29 is 18.7 Å². The van der Waals surface area contributed by atoms with Crippen molar-refractivity contribution in [1.29, 1.82) is 0 Å². The lowest BCUT2D eigenvalue weighted by Gasteiger charge is -2.13. The van der Waals surface area contributed by atoms with E-state index in [1.165, 1.54) is 25.5 Å². The van der Waals surface area contributed by atoms with Gasteiger partial charge in [-0.15, -0.1) is 0 Å². The second-order valence-corrected chi connectivity index (χ2v) is 9.66. The lowest BCUT2D eigenvalue weighted by molar-refractivity contribution is 0.0955. The number of aromatic nitrogens is 1. The number of benzene rings is 4. The Balaban J connectivity index is 1.25. The first kappa shape index (κ1) is 27.7. The van der Waals surface area contributed by atoms with Crippen LogP contribution in [0, 0.1) is 12.7 Å². The number of amides is 1. The van der Waals surface area contributed by atoms with Crippen LogP contribution in [0.2, 0.25) is 5.02 Å². The molecule has 0 aliphatic heterocycles. The Morgan fingerprint density at radius 2 is 1.71 bits per heavy atom. The number of nitrogens with one attached hydrogen (secondary N) is 1. The van der Waals surface area contributed by atoms with Crippen LogP contribution in [0.1, 0.15) is 27.2 Å². The van der Waals surface area contributed by atoms with Crippen molar-refractivity contribution in [2.75, 3.05) is 7.11 Å². The number of hydrogen-bond donors (Lipinski definition) is 1. The number of carbonyl (C=O) groups excluding carboxylic acids is 1. The monoisotopic (exact) mass is 567 g/mol. The quantitative estimate of drug-likeness (QED) is 0.147. The van der Waals surface area contributed by atoms with E-state index in [1.807, 2.05) is 37.3 Å². The van der Waals surface area contributed by atoms with Crippen molar-refractivity contribution in [1.82, 2.24) is 9.99 Å². The van der Waals surface area contributed by atoms with Crippen molar-refractivity contribution in [3.8, 4) is 28.4 Å². The van der Waals surface area contributed by atoms with Gasteiger partial charge in [0.15, 0.2) is 11.5 Å². The Kier molecular flexibility index (Phi) is 8.46. The van der Waals surface area contributed by atoms with Crippen LogP contribution in [0.25, 0.3) is 16.9 Å². The van der Waals surface area contributed by atoms with Gasteiger partial charge in [-0.05, 0) is 84.3 Å². The van der Waals surface area contributed by atoms with E-state index in [2.05, 4.69) is 39.4 Å². The topological polar surface area (TPSA) is 64.8 Å². The van der Waals surface area contributed by atoms with Crippen LogP contribution < -0.4 is 14.9 Å². The van der Waals surface area contributed by atoms with Gasteiger partial charge in [0.1, 0.15) is 12.4 Å². The molecule has 6 nitrogen and oxygen atoms in total. The second kappa shape index (κ2) is 12.5. The van der Waals surface area contributed by atoms with E-state index in [1.54, 1.807) is 36.4 Å². The molecule has 41 heavy (non-hydrogen) atoms. The highest BCUT2D eigenvalue weighted by atomic mass is 35.5. The summed E-state index contributed by atoms with van der Waals surface area (Å²) < 4.78 is 26.6. The van der Waals surface area contributed by atoms with E-state index in [0.29, 0.717) is 27.6 Å². The first-order valence-corrected chi connectivity index (χ1v) is 13.2. The first-order chi connectivity index (χ1) is 19.9. The summed E-state index contributed by atoms with van der Waals surface area (Å²) in [7, 11) is 1.50. The van der Waals surface area contributed by atoms with Gasteiger partial charge in [-0.1, -0.05) is 54.1 Å². The molecule has 5 aromatic rings. The normalized spacial score (nSPS) is 11.0. The van der Waals surface area contributed by atoms with E-state index < -0.39 is 0 Å². The summed E-state index contributed by atoms with van der Waals surface area (Å²) in [5.41, 5.74) is 8.64. The van der Waals surface area contributed by atoms with Gasteiger partial charge in [0.05, 0.1) is 24.0 Å². The zero-order valence-electron chi connectivity index (χ0n) is 22.5. The highest BCUT2D eigenvalue weighted by Crippen LogP contribution is 2.36. The number of hydrazone groups is 1. The fraction of sp³-hybridized carbons (Fsp3) is 0.0909. The molecule has 0 aliphatic rings. The number of aryl methyl sites for hydroxylation is 1. The van der Waals surface area contributed by atoms with E-state index >= 15 is 0 Å². The van der Waals surface area contributed by atoms with Crippen molar-refractivity contribution in [3.05, 3.63) is 136 Å². The maximum Gasteiger partial charge on any atom is 0.271 e. The van der Waals surface area contributed by atoms with Crippen molar-refractivity contribution in [2.24, 2.45) is 5.10 Å². The van der Waals surface area contributed by atoms with Gasteiger partial charge < -0.3 is 14.0 Å². The molecule has 1 amide bonds.